The maximum atomic E-state index is 13.5. The first-order chi connectivity index (χ1) is 27.9. The average molecular weight is 886 g/mol. The number of carbonyl (C=O) groups excluding carboxylic acids is 3. The summed E-state index contributed by atoms with van der Waals surface area (Å²) in [6, 6.07) is -2.85. The van der Waals surface area contributed by atoms with Crippen LogP contribution in [0.25, 0.3) is 0 Å². The number of rotatable bonds is 28. The number of nitrogens with two attached hydrogens (primary N) is 1. The second-order valence-electron chi connectivity index (χ2n) is 17.4. The molecule has 0 aromatic heterocycles. The third-order valence-corrected chi connectivity index (χ3v) is 13.5. The standard InChI is InChI=1S/C43H71N3O12S2/c1-26(2)12-9-13-27(3)14-10-15-28(4)16-11-20-43(8)21-19-32-31(7)38(29(5)30(6)39(32)58-43)57-37(48)24-35(40(49)45-22-23-60(54,55)56)59-25-34(42(52)53)46-36(47)18-17-33(44)41(50)51/h26-28,33-35H,9-25,44H2,1-8H3,(H,45,49)(H,46,47)(H,50,51)(H,52,53)(H,54,55,56)/t27?,28?,33-,34-,35?,43?/m0/s1. The zero-order valence-electron chi connectivity index (χ0n) is 36.9. The van der Waals surface area contributed by atoms with Gasteiger partial charge in [-0.1, -0.05) is 72.6 Å². The molecule has 0 bridgehead atoms. The van der Waals surface area contributed by atoms with E-state index in [1.54, 1.807) is 0 Å². The number of carboxylic acid groups (broad SMARTS) is 2. The first-order valence-electron chi connectivity index (χ1n) is 21.3. The molecule has 0 fully saturated rings. The van der Waals surface area contributed by atoms with E-state index in [1.165, 1.54) is 38.5 Å². The number of carbonyl (C=O) groups is 5. The molecule has 60 heavy (non-hydrogen) atoms. The summed E-state index contributed by atoms with van der Waals surface area (Å²) in [6.07, 6.45) is 11.2. The number of carboxylic acids is 2. The minimum atomic E-state index is -4.42. The van der Waals surface area contributed by atoms with Gasteiger partial charge in [-0.05, 0) is 94.2 Å². The molecule has 0 saturated heterocycles. The molecule has 7 N–H and O–H groups in total. The number of esters is 1. The van der Waals surface area contributed by atoms with Crippen molar-refractivity contribution in [3.63, 3.8) is 0 Å². The van der Waals surface area contributed by atoms with Crippen LogP contribution in [0, 0.1) is 38.5 Å². The lowest BCUT2D eigenvalue weighted by atomic mass is 9.83. The topological polar surface area (TPSA) is 249 Å². The molecule has 1 aromatic carbocycles. The van der Waals surface area contributed by atoms with Gasteiger partial charge in [-0.25, -0.2) is 4.79 Å². The summed E-state index contributed by atoms with van der Waals surface area (Å²) in [7, 11) is -4.42. The molecule has 1 heterocycles. The van der Waals surface area contributed by atoms with Crippen LogP contribution in [0.5, 0.6) is 11.5 Å². The van der Waals surface area contributed by atoms with E-state index in [0.29, 0.717) is 23.7 Å². The van der Waals surface area contributed by atoms with Crippen LogP contribution in [0.1, 0.15) is 140 Å². The quantitative estimate of drug-likeness (QED) is 0.0307. The molecule has 15 nitrogen and oxygen atoms in total. The van der Waals surface area contributed by atoms with Crippen LogP contribution in [0.15, 0.2) is 0 Å². The van der Waals surface area contributed by atoms with Crippen molar-refractivity contribution in [3.05, 3.63) is 22.3 Å². The Bertz CT molecular complexity index is 1740. The second-order valence-corrected chi connectivity index (χ2v) is 20.2. The SMILES string of the molecule is Cc1c(C)c2c(c(C)c1OC(=O)CC(SC[C@H](NC(=O)CC[C@H](N)C(=O)O)C(=O)O)C(=O)NCCS(=O)(=O)O)CCC(C)(CCCC(C)CCCC(C)CCCC(C)C)O2. The molecule has 1 aliphatic heterocycles. The van der Waals surface area contributed by atoms with E-state index in [4.69, 9.17) is 24.9 Å². The fraction of sp³-hybridized carbons (Fsp3) is 0.744. The number of benzene rings is 1. The van der Waals surface area contributed by atoms with Crippen LogP contribution in [-0.4, -0.2) is 93.9 Å². The Balaban J connectivity index is 2.10. The van der Waals surface area contributed by atoms with Gasteiger partial charge in [0.2, 0.25) is 11.8 Å². The van der Waals surface area contributed by atoms with Gasteiger partial charge in [0.15, 0.2) is 0 Å². The van der Waals surface area contributed by atoms with Crippen LogP contribution in [0.3, 0.4) is 0 Å². The molecular weight excluding hydrogens is 815 g/mol. The van der Waals surface area contributed by atoms with Crippen molar-refractivity contribution in [2.75, 3.05) is 18.1 Å². The van der Waals surface area contributed by atoms with Crippen molar-refractivity contribution in [1.82, 2.24) is 10.6 Å². The number of amides is 2. The van der Waals surface area contributed by atoms with E-state index in [2.05, 4.69) is 45.3 Å². The summed E-state index contributed by atoms with van der Waals surface area (Å²) in [5.74, 6) is -3.04. The molecule has 0 spiro atoms. The zero-order valence-corrected chi connectivity index (χ0v) is 38.5. The predicted molar refractivity (Wildman–Crippen MR) is 233 cm³/mol. The van der Waals surface area contributed by atoms with Crippen molar-refractivity contribution in [2.24, 2.45) is 23.5 Å². The van der Waals surface area contributed by atoms with E-state index in [1.807, 2.05) is 20.8 Å². The molecule has 0 saturated carbocycles. The summed E-state index contributed by atoms with van der Waals surface area (Å²) in [5, 5.41) is 22.0. The highest BCUT2D eigenvalue weighted by molar-refractivity contribution is 8.00. The van der Waals surface area contributed by atoms with E-state index in [0.717, 1.165) is 71.7 Å². The summed E-state index contributed by atoms with van der Waals surface area (Å²) >= 11 is 0.725. The van der Waals surface area contributed by atoms with Crippen LogP contribution in [0.4, 0.5) is 0 Å². The first kappa shape index (κ1) is 52.7. The van der Waals surface area contributed by atoms with Gasteiger partial charge in [0.1, 0.15) is 29.2 Å². The summed E-state index contributed by atoms with van der Waals surface area (Å²) in [6.45, 7) is 16.6. The number of aliphatic carboxylic acids is 2. The zero-order chi connectivity index (χ0) is 45.4. The summed E-state index contributed by atoms with van der Waals surface area (Å²) in [4.78, 5) is 62.1. The second kappa shape index (κ2) is 24.9. The number of nitrogens with one attached hydrogen (secondary N) is 2. The lowest BCUT2D eigenvalue weighted by molar-refractivity contribution is -0.141. The highest BCUT2D eigenvalue weighted by Crippen LogP contribution is 2.45. The molecule has 2 amide bonds. The van der Waals surface area contributed by atoms with Gasteiger partial charge in [0.05, 0.1) is 17.4 Å². The van der Waals surface area contributed by atoms with Gasteiger partial charge in [0, 0.05) is 24.3 Å². The third kappa shape index (κ3) is 18.7. The highest BCUT2D eigenvalue weighted by atomic mass is 32.2. The largest absolute Gasteiger partial charge is 0.487 e. The Morgan fingerprint density at radius 1 is 0.883 bits per heavy atom. The fourth-order valence-corrected chi connectivity index (χ4v) is 8.93. The molecule has 6 atom stereocenters. The minimum absolute atomic E-state index is 0.240. The fourth-order valence-electron chi connectivity index (χ4n) is 7.43. The van der Waals surface area contributed by atoms with Gasteiger partial charge < -0.3 is 36.1 Å². The Hall–Kier alpha value is -3.41. The number of hydrogen-bond donors (Lipinski definition) is 6. The summed E-state index contributed by atoms with van der Waals surface area (Å²) < 4.78 is 44.2. The Labute approximate surface area is 361 Å². The normalized spacial score (nSPS) is 17.7. The van der Waals surface area contributed by atoms with Gasteiger partial charge >= 0.3 is 17.9 Å². The van der Waals surface area contributed by atoms with Crippen LogP contribution in [-0.2, 0) is 40.5 Å². The maximum Gasteiger partial charge on any atom is 0.327 e. The molecule has 0 radical (unpaired) electrons. The number of ether oxygens (including phenoxy) is 2. The van der Waals surface area contributed by atoms with Gasteiger partial charge in [-0.3, -0.25) is 23.7 Å². The van der Waals surface area contributed by atoms with Crippen LogP contribution >= 0.6 is 11.8 Å². The maximum absolute atomic E-state index is 13.5. The smallest absolute Gasteiger partial charge is 0.327 e. The van der Waals surface area contributed by atoms with Crippen molar-refractivity contribution < 1.29 is 56.6 Å². The molecule has 17 heteroatoms. The minimum Gasteiger partial charge on any atom is -0.487 e. The van der Waals surface area contributed by atoms with Gasteiger partial charge in [-0.2, -0.15) is 8.42 Å². The van der Waals surface area contributed by atoms with Crippen LogP contribution < -0.4 is 25.8 Å². The predicted octanol–water partition coefficient (Wildman–Crippen LogP) is 6.30. The Morgan fingerprint density at radius 3 is 2.05 bits per heavy atom. The molecular formula is C43H71N3O12S2. The Kier molecular flexibility index (Phi) is 21.9. The molecule has 2 rings (SSSR count). The van der Waals surface area contributed by atoms with E-state index >= 15 is 0 Å². The third-order valence-electron chi connectivity index (χ3n) is 11.5. The van der Waals surface area contributed by atoms with Gasteiger partial charge in [0.25, 0.3) is 10.1 Å². The van der Waals surface area contributed by atoms with Crippen molar-refractivity contribution in [1.29, 1.82) is 0 Å². The number of hydrogen-bond acceptors (Lipinski definition) is 11. The van der Waals surface area contributed by atoms with E-state index in [9.17, 15) is 37.5 Å². The Morgan fingerprint density at radius 2 is 1.48 bits per heavy atom. The highest BCUT2D eigenvalue weighted by Gasteiger charge is 2.35. The molecule has 1 aromatic rings. The monoisotopic (exact) mass is 885 g/mol. The first-order valence-corrected chi connectivity index (χ1v) is 24.0. The van der Waals surface area contributed by atoms with Crippen molar-refractivity contribution >= 4 is 51.6 Å². The number of fused-ring (bicyclic) bond motifs is 1. The molecule has 4 unspecified atom stereocenters. The number of thioether (sulfide) groups is 1. The lowest BCUT2D eigenvalue weighted by Crippen LogP contribution is -2.44. The van der Waals surface area contributed by atoms with Crippen LogP contribution in [0.2, 0.25) is 0 Å². The lowest BCUT2D eigenvalue weighted by Gasteiger charge is -2.38. The van der Waals surface area contributed by atoms with Gasteiger partial charge in [-0.15, -0.1) is 11.8 Å². The molecule has 1 aliphatic rings. The summed E-state index contributed by atoms with van der Waals surface area (Å²) in [5.41, 5.74) is 8.28. The molecule has 342 valence electrons. The van der Waals surface area contributed by atoms with E-state index < -0.39 is 81.6 Å². The van der Waals surface area contributed by atoms with Crippen molar-refractivity contribution in [2.45, 2.75) is 168 Å². The average Bonchev–Trinajstić information content (AvgIpc) is 3.14. The molecule has 0 aliphatic carbocycles. The van der Waals surface area contributed by atoms with E-state index in [-0.39, 0.29) is 18.4 Å². The van der Waals surface area contributed by atoms with Crippen molar-refractivity contribution in [3.8, 4) is 11.5 Å².